The fraction of sp³-hybridized carbons (Fsp3) is 0.417. The Bertz CT molecular complexity index is 939. The molecule has 2 aromatic rings. The lowest BCUT2D eigenvalue weighted by Gasteiger charge is -2.30. The largest absolute Gasteiger partial charge is 0.371 e. The number of nitrogens with one attached hydrogen (secondary N) is 2. The minimum absolute atomic E-state index is 0.133. The maximum atomic E-state index is 13.1. The average Bonchev–Trinajstić information content (AvgIpc) is 2.76. The highest BCUT2D eigenvalue weighted by atomic mass is 35.5. The number of halogens is 2. The van der Waals surface area contributed by atoms with E-state index in [4.69, 9.17) is 23.2 Å². The molecule has 1 aliphatic heterocycles. The van der Waals surface area contributed by atoms with Crippen LogP contribution in [0.1, 0.15) is 46.4 Å². The molecule has 0 aromatic heterocycles. The molecule has 1 aliphatic rings. The van der Waals surface area contributed by atoms with Crippen LogP contribution in [0.15, 0.2) is 36.4 Å². The Kier molecular flexibility index (Phi) is 8.79. The SMILES string of the molecule is CN(C)CCCNC(=O)c1cc(NC(=O)c2cc(Cl)cc(Cl)c2)ccc1N1CCCCC1. The van der Waals surface area contributed by atoms with Crippen molar-refractivity contribution in [1.82, 2.24) is 10.2 Å². The summed E-state index contributed by atoms with van der Waals surface area (Å²) in [6, 6.07) is 10.2. The molecule has 1 heterocycles. The van der Waals surface area contributed by atoms with Crippen LogP contribution in [0.25, 0.3) is 0 Å². The van der Waals surface area contributed by atoms with E-state index in [0.29, 0.717) is 33.4 Å². The molecule has 2 aromatic carbocycles. The fourth-order valence-corrected chi connectivity index (χ4v) is 4.31. The number of piperidine rings is 1. The number of benzene rings is 2. The van der Waals surface area contributed by atoms with Gasteiger partial charge in [0.15, 0.2) is 0 Å². The summed E-state index contributed by atoms with van der Waals surface area (Å²) in [4.78, 5) is 30.1. The van der Waals surface area contributed by atoms with Crippen molar-refractivity contribution in [3.8, 4) is 0 Å². The summed E-state index contributed by atoms with van der Waals surface area (Å²) >= 11 is 12.0. The predicted octanol–water partition coefficient (Wildman–Crippen LogP) is 4.92. The Hall–Kier alpha value is -2.28. The van der Waals surface area contributed by atoms with E-state index < -0.39 is 0 Å². The molecule has 2 N–H and O–H groups in total. The molecule has 2 amide bonds. The minimum Gasteiger partial charge on any atom is -0.371 e. The number of amides is 2. The van der Waals surface area contributed by atoms with Gasteiger partial charge in [0.1, 0.15) is 0 Å². The molecule has 172 valence electrons. The van der Waals surface area contributed by atoms with E-state index in [-0.39, 0.29) is 11.8 Å². The lowest BCUT2D eigenvalue weighted by Crippen LogP contribution is -2.33. The van der Waals surface area contributed by atoms with Gasteiger partial charge in [-0.15, -0.1) is 0 Å². The van der Waals surface area contributed by atoms with Gasteiger partial charge in [0.2, 0.25) is 0 Å². The Morgan fingerprint density at radius 2 is 1.66 bits per heavy atom. The molecule has 0 radical (unpaired) electrons. The van der Waals surface area contributed by atoms with Crippen molar-refractivity contribution < 1.29 is 9.59 Å². The first-order valence-electron chi connectivity index (χ1n) is 10.9. The van der Waals surface area contributed by atoms with Gasteiger partial charge < -0.3 is 20.4 Å². The van der Waals surface area contributed by atoms with E-state index in [0.717, 1.165) is 44.6 Å². The second kappa shape index (κ2) is 11.5. The average molecular weight is 477 g/mol. The molecule has 0 bridgehead atoms. The van der Waals surface area contributed by atoms with Gasteiger partial charge >= 0.3 is 0 Å². The molecule has 0 spiro atoms. The highest BCUT2D eigenvalue weighted by Crippen LogP contribution is 2.28. The Labute approximate surface area is 199 Å². The van der Waals surface area contributed by atoms with Gasteiger partial charge in [-0.25, -0.2) is 0 Å². The lowest BCUT2D eigenvalue weighted by atomic mass is 10.1. The first-order valence-corrected chi connectivity index (χ1v) is 11.7. The van der Waals surface area contributed by atoms with Crippen molar-refractivity contribution >= 4 is 46.4 Å². The van der Waals surface area contributed by atoms with E-state index in [1.165, 1.54) is 6.42 Å². The Morgan fingerprint density at radius 3 is 2.31 bits per heavy atom. The van der Waals surface area contributed by atoms with Crippen LogP contribution in [-0.4, -0.2) is 57.0 Å². The summed E-state index contributed by atoms with van der Waals surface area (Å²) in [6.07, 6.45) is 4.29. The van der Waals surface area contributed by atoms with Gasteiger partial charge in [-0.1, -0.05) is 23.2 Å². The van der Waals surface area contributed by atoms with Crippen molar-refractivity contribution in [2.75, 3.05) is 50.5 Å². The number of hydrogen-bond donors (Lipinski definition) is 2. The number of nitrogens with zero attached hydrogens (tertiary/aromatic N) is 2. The molecule has 6 nitrogen and oxygen atoms in total. The van der Waals surface area contributed by atoms with E-state index in [1.807, 2.05) is 26.2 Å². The summed E-state index contributed by atoms with van der Waals surface area (Å²) in [5.41, 5.74) is 2.37. The quantitative estimate of drug-likeness (QED) is 0.530. The normalized spacial score (nSPS) is 13.8. The molecule has 0 atom stereocenters. The van der Waals surface area contributed by atoms with Crippen LogP contribution in [0.2, 0.25) is 10.0 Å². The zero-order valence-electron chi connectivity index (χ0n) is 18.6. The summed E-state index contributed by atoms with van der Waals surface area (Å²) in [7, 11) is 4.02. The number of rotatable bonds is 8. The van der Waals surface area contributed by atoms with Gasteiger partial charge in [0.05, 0.1) is 5.56 Å². The Morgan fingerprint density at radius 1 is 0.969 bits per heavy atom. The van der Waals surface area contributed by atoms with Crippen molar-refractivity contribution in [3.05, 3.63) is 57.6 Å². The van der Waals surface area contributed by atoms with Gasteiger partial charge in [-0.3, -0.25) is 9.59 Å². The third-order valence-corrected chi connectivity index (χ3v) is 5.82. The molecule has 1 fully saturated rings. The van der Waals surface area contributed by atoms with E-state index in [1.54, 1.807) is 24.3 Å². The maximum absolute atomic E-state index is 13.1. The van der Waals surface area contributed by atoms with Gasteiger partial charge in [0, 0.05) is 46.6 Å². The molecule has 3 rings (SSSR count). The minimum atomic E-state index is -0.336. The highest BCUT2D eigenvalue weighted by molar-refractivity contribution is 6.35. The first-order chi connectivity index (χ1) is 15.3. The van der Waals surface area contributed by atoms with Crippen LogP contribution < -0.4 is 15.5 Å². The highest BCUT2D eigenvalue weighted by Gasteiger charge is 2.20. The molecular weight excluding hydrogens is 447 g/mol. The van der Waals surface area contributed by atoms with Crippen LogP contribution in [0, 0.1) is 0 Å². The lowest BCUT2D eigenvalue weighted by molar-refractivity contribution is 0.0951. The summed E-state index contributed by atoms with van der Waals surface area (Å²) in [5, 5.41) is 6.66. The molecule has 32 heavy (non-hydrogen) atoms. The Balaban J connectivity index is 1.80. The number of carbonyl (C=O) groups is 2. The number of anilines is 2. The van der Waals surface area contributed by atoms with Gasteiger partial charge in [-0.05, 0) is 82.7 Å². The number of carbonyl (C=O) groups excluding carboxylic acids is 2. The smallest absolute Gasteiger partial charge is 0.255 e. The first kappa shape index (κ1) is 24.4. The van der Waals surface area contributed by atoms with Gasteiger partial charge in [0.25, 0.3) is 11.8 Å². The predicted molar refractivity (Wildman–Crippen MR) is 132 cm³/mol. The molecule has 8 heteroatoms. The molecule has 0 saturated carbocycles. The third kappa shape index (κ3) is 6.86. The van der Waals surface area contributed by atoms with Crippen LogP contribution in [0.4, 0.5) is 11.4 Å². The maximum Gasteiger partial charge on any atom is 0.255 e. The van der Waals surface area contributed by atoms with Crippen LogP contribution in [0.3, 0.4) is 0 Å². The second-order valence-corrected chi connectivity index (χ2v) is 9.18. The third-order valence-electron chi connectivity index (χ3n) is 5.39. The summed E-state index contributed by atoms with van der Waals surface area (Å²) < 4.78 is 0. The zero-order chi connectivity index (χ0) is 23.1. The van der Waals surface area contributed by atoms with Crippen molar-refractivity contribution in [2.45, 2.75) is 25.7 Å². The number of hydrogen-bond acceptors (Lipinski definition) is 4. The molecule has 0 unspecified atom stereocenters. The zero-order valence-corrected chi connectivity index (χ0v) is 20.1. The van der Waals surface area contributed by atoms with Crippen LogP contribution in [-0.2, 0) is 0 Å². The van der Waals surface area contributed by atoms with Gasteiger partial charge in [-0.2, -0.15) is 0 Å². The van der Waals surface area contributed by atoms with Crippen molar-refractivity contribution in [1.29, 1.82) is 0 Å². The van der Waals surface area contributed by atoms with E-state index >= 15 is 0 Å². The summed E-state index contributed by atoms with van der Waals surface area (Å²) in [5.74, 6) is -0.469. The summed E-state index contributed by atoms with van der Waals surface area (Å²) in [6.45, 7) is 3.34. The standard InChI is InChI=1S/C24H30Cl2N4O2/c1-29(2)10-6-9-27-24(32)21-16-20(7-8-22(21)30-11-4-3-5-12-30)28-23(31)17-13-18(25)15-19(26)14-17/h7-8,13-16H,3-6,9-12H2,1-2H3,(H,27,32)(H,28,31). The molecule has 0 aliphatic carbocycles. The van der Waals surface area contributed by atoms with E-state index in [2.05, 4.69) is 20.4 Å². The van der Waals surface area contributed by atoms with Crippen molar-refractivity contribution in [3.63, 3.8) is 0 Å². The van der Waals surface area contributed by atoms with Crippen LogP contribution in [0.5, 0.6) is 0 Å². The molecular formula is C24H30Cl2N4O2. The second-order valence-electron chi connectivity index (χ2n) is 8.30. The van der Waals surface area contributed by atoms with Crippen LogP contribution >= 0.6 is 23.2 Å². The topological polar surface area (TPSA) is 64.7 Å². The monoisotopic (exact) mass is 476 g/mol. The van der Waals surface area contributed by atoms with Crippen molar-refractivity contribution in [2.24, 2.45) is 0 Å². The fourth-order valence-electron chi connectivity index (χ4n) is 3.79. The van der Waals surface area contributed by atoms with E-state index in [9.17, 15) is 9.59 Å². The molecule has 1 saturated heterocycles.